The van der Waals surface area contributed by atoms with Gasteiger partial charge in [0, 0.05) is 17.5 Å². The summed E-state index contributed by atoms with van der Waals surface area (Å²) in [6, 6.07) is 24.4. The fraction of sp³-hybridized carbons (Fsp3) is 0.115. The number of amides is 1. The fourth-order valence-corrected chi connectivity index (χ4v) is 4.38. The molecular weight excluding hydrogens is 388 g/mol. The minimum Gasteiger partial charge on any atom is -0.467 e. The van der Waals surface area contributed by atoms with Crippen LogP contribution in [0.2, 0.25) is 0 Å². The van der Waals surface area contributed by atoms with E-state index in [1.807, 2.05) is 72.8 Å². The number of nitrogens with one attached hydrogen (secondary N) is 1. The molecule has 0 unspecified atom stereocenters. The molecule has 152 valence electrons. The van der Waals surface area contributed by atoms with E-state index in [4.69, 9.17) is 4.74 Å². The third-order valence-corrected chi connectivity index (χ3v) is 5.81. The molecule has 1 aromatic heterocycles. The van der Waals surface area contributed by atoms with E-state index in [1.54, 1.807) is 6.07 Å². The molecule has 1 aliphatic rings. The van der Waals surface area contributed by atoms with Gasteiger partial charge >= 0.3 is 5.97 Å². The third-order valence-electron chi connectivity index (χ3n) is 5.81. The largest absolute Gasteiger partial charge is 0.467 e. The van der Waals surface area contributed by atoms with Crippen LogP contribution in [0.3, 0.4) is 0 Å². The predicted octanol–water partition coefficient (Wildman–Crippen LogP) is 4.32. The summed E-state index contributed by atoms with van der Waals surface area (Å²) in [6.45, 7) is 0. The van der Waals surface area contributed by atoms with Crippen molar-refractivity contribution in [2.45, 2.75) is 12.0 Å². The smallest absolute Gasteiger partial charge is 0.329 e. The van der Waals surface area contributed by atoms with Crippen molar-refractivity contribution in [3.63, 3.8) is 0 Å². The highest BCUT2D eigenvalue weighted by Crippen LogP contribution is 2.46. The predicted molar refractivity (Wildman–Crippen MR) is 119 cm³/mol. The van der Waals surface area contributed by atoms with Crippen molar-refractivity contribution in [3.8, 4) is 11.1 Å². The molecule has 0 aliphatic heterocycles. The van der Waals surface area contributed by atoms with Crippen molar-refractivity contribution in [2.24, 2.45) is 0 Å². The van der Waals surface area contributed by atoms with Gasteiger partial charge in [-0.25, -0.2) is 4.79 Å². The number of methoxy groups -OCH3 is 1. The molecule has 1 N–H and O–H groups in total. The highest BCUT2D eigenvalue weighted by Gasteiger charge is 2.39. The van der Waals surface area contributed by atoms with Crippen molar-refractivity contribution in [3.05, 3.63) is 102 Å². The number of nitrogens with zero attached hydrogens (tertiary/aromatic N) is 1. The number of fused-ring (bicyclic) bond motifs is 4. The number of ether oxygens (including phenoxy) is 1. The van der Waals surface area contributed by atoms with E-state index < -0.39 is 12.0 Å². The number of hydrogen-bond donors (Lipinski definition) is 1. The van der Waals surface area contributed by atoms with Gasteiger partial charge < -0.3 is 10.1 Å². The van der Waals surface area contributed by atoms with Crippen molar-refractivity contribution >= 4 is 22.8 Å². The van der Waals surface area contributed by atoms with E-state index in [0.717, 1.165) is 33.2 Å². The molecule has 1 atom stereocenters. The Kier molecular flexibility index (Phi) is 4.71. The normalized spacial score (nSPS) is 13.3. The lowest BCUT2D eigenvalue weighted by Gasteiger charge is -2.24. The molecule has 4 aromatic rings. The topological polar surface area (TPSA) is 68.3 Å². The van der Waals surface area contributed by atoms with Crippen molar-refractivity contribution < 1.29 is 14.3 Å². The Bertz CT molecular complexity index is 1270. The minimum absolute atomic E-state index is 0.336. The molecule has 3 aromatic carbocycles. The van der Waals surface area contributed by atoms with E-state index in [1.165, 1.54) is 13.3 Å². The molecule has 5 rings (SSSR count). The van der Waals surface area contributed by atoms with Gasteiger partial charge in [-0.3, -0.25) is 9.78 Å². The number of rotatable bonds is 4. The van der Waals surface area contributed by atoms with Crippen LogP contribution in [0.4, 0.5) is 0 Å². The van der Waals surface area contributed by atoms with Gasteiger partial charge in [0.05, 0.1) is 18.2 Å². The van der Waals surface area contributed by atoms with Gasteiger partial charge in [0.2, 0.25) is 0 Å². The lowest BCUT2D eigenvalue weighted by molar-refractivity contribution is -0.143. The molecule has 5 heteroatoms. The van der Waals surface area contributed by atoms with E-state index in [-0.39, 0.29) is 11.8 Å². The maximum atomic E-state index is 13.1. The number of carbonyl (C=O) groups excluding carboxylic acids is 2. The van der Waals surface area contributed by atoms with E-state index >= 15 is 0 Å². The molecule has 0 bridgehead atoms. The van der Waals surface area contributed by atoms with Gasteiger partial charge in [0.15, 0.2) is 0 Å². The van der Waals surface area contributed by atoms with E-state index in [9.17, 15) is 9.59 Å². The first-order chi connectivity index (χ1) is 15.2. The van der Waals surface area contributed by atoms with Gasteiger partial charge in [-0.15, -0.1) is 0 Å². The van der Waals surface area contributed by atoms with E-state index in [2.05, 4.69) is 10.3 Å². The first kappa shape index (κ1) is 19.0. The highest BCUT2D eigenvalue weighted by atomic mass is 16.5. The summed E-state index contributed by atoms with van der Waals surface area (Å²) in [4.78, 5) is 30.4. The first-order valence-corrected chi connectivity index (χ1v) is 10.1. The second-order valence-electron chi connectivity index (χ2n) is 7.54. The monoisotopic (exact) mass is 408 g/mol. The number of hydrogen-bond acceptors (Lipinski definition) is 4. The van der Waals surface area contributed by atoms with Gasteiger partial charge in [0.25, 0.3) is 5.91 Å². The van der Waals surface area contributed by atoms with Crippen LogP contribution in [0.25, 0.3) is 22.0 Å². The van der Waals surface area contributed by atoms with Crippen LogP contribution in [-0.2, 0) is 9.53 Å². The van der Waals surface area contributed by atoms with Crippen LogP contribution in [-0.4, -0.2) is 30.0 Å². The molecule has 5 nitrogen and oxygen atoms in total. The summed E-state index contributed by atoms with van der Waals surface area (Å²) in [7, 11) is 1.34. The van der Waals surface area contributed by atoms with Gasteiger partial charge in [0.1, 0.15) is 6.04 Å². The summed E-state index contributed by atoms with van der Waals surface area (Å²) < 4.78 is 5.09. The zero-order valence-corrected chi connectivity index (χ0v) is 16.9. The summed E-state index contributed by atoms with van der Waals surface area (Å²) in [5.74, 6) is -1.19. The maximum Gasteiger partial charge on any atom is 0.329 e. The van der Waals surface area contributed by atoms with Crippen LogP contribution in [0, 0.1) is 0 Å². The Balaban J connectivity index is 1.54. The minimum atomic E-state index is -0.867. The standard InChI is InChI=1S/C26H20N2O3/c1-31-26(30)24(28-25(29)17-14-16-8-2-7-13-22(16)27-15-17)23-20-11-5-3-9-18(20)19-10-4-6-12-21(19)23/h2-15,23-24H,1H3,(H,28,29)/t24-/m0/s1. The average molecular weight is 408 g/mol. The summed E-state index contributed by atoms with van der Waals surface area (Å²) in [6.07, 6.45) is 1.53. The Morgan fingerprint density at radius 2 is 1.52 bits per heavy atom. The molecule has 1 aliphatic carbocycles. The van der Waals surface area contributed by atoms with Crippen molar-refractivity contribution in [1.82, 2.24) is 10.3 Å². The van der Waals surface area contributed by atoms with Crippen LogP contribution in [0.5, 0.6) is 0 Å². The molecule has 0 radical (unpaired) electrons. The second-order valence-corrected chi connectivity index (χ2v) is 7.54. The zero-order chi connectivity index (χ0) is 21.4. The SMILES string of the molecule is COC(=O)[C@@H](NC(=O)c1cnc2ccccc2c1)C1c2ccccc2-c2ccccc21. The number of benzene rings is 3. The molecule has 0 spiro atoms. The highest BCUT2D eigenvalue weighted by molar-refractivity contribution is 6.00. The number of esters is 1. The summed E-state index contributed by atoms with van der Waals surface area (Å²) in [5.41, 5.74) is 5.33. The zero-order valence-electron chi connectivity index (χ0n) is 16.9. The fourth-order valence-electron chi connectivity index (χ4n) is 4.38. The molecule has 1 heterocycles. The maximum absolute atomic E-state index is 13.1. The lowest BCUT2D eigenvalue weighted by Crippen LogP contribution is -2.45. The Hall–Kier alpha value is -3.99. The quantitative estimate of drug-likeness (QED) is 0.511. The van der Waals surface area contributed by atoms with E-state index in [0.29, 0.717) is 5.56 Å². The molecule has 1 amide bonds. The van der Waals surface area contributed by atoms with Crippen LogP contribution in [0.15, 0.2) is 85.1 Å². The lowest BCUT2D eigenvalue weighted by atomic mass is 9.89. The molecule has 0 saturated carbocycles. The second kappa shape index (κ2) is 7.69. The van der Waals surface area contributed by atoms with Crippen LogP contribution in [0.1, 0.15) is 27.4 Å². The van der Waals surface area contributed by atoms with Gasteiger partial charge in [-0.2, -0.15) is 0 Å². The number of para-hydroxylation sites is 1. The van der Waals surface area contributed by atoms with Crippen molar-refractivity contribution in [2.75, 3.05) is 7.11 Å². The third kappa shape index (κ3) is 3.24. The summed E-state index contributed by atoms with van der Waals surface area (Å²) >= 11 is 0. The Morgan fingerprint density at radius 1 is 0.903 bits per heavy atom. The van der Waals surface area contributed by atoms with Crippen molar-refractivity contribution in [1.29, 1.82) is 0 Å². The number of carbonyl (C=O) groups is 2. The Morgan fingerprint density at radius 3 is 2.19 bits per heavy atom. The van der Waals surface area contributed by atoms with Crippen LogP contribution >= 0.6 is 0 Å². The molecule has 31 heavy (non-hydrogen) atoms. The number of pyridine rings is 1. The molecule has 0 fully saturated rings. The average Bonchev–Trinajstić information content (AvgIpc) is 3.16. The molecule has 0 saturated heterocycles. The van der Waals surface area contributed by atoms with Crippen LogP contribution < -0.4 is 5.32 Å². The first-order valence-electron chi connectivity index (χ1n) is 10.1. The number of aromatic nitrogens is 1. The van der Waals surface area contributed by atoms with Gasteiger partial charge in [-0.1, -0.05) is 66.7 Å². The van der Waals surface area contributed by atoms with Gasteiger partial charge in [-0.05, 0) is 34.4 Å². The Labute approximate surface area is 179 Å². The molecular formula is C26H20N2O3. The summed E-state index contributed by atoms with van der Waals surface area (Å²) in [5, 5.41) is 3.78.